The Hall–Kier alpha value is -4.87. The van der Waals surface area contributed by atoms with Gasteiger partial charge in [-0.15, -0.1) is 0 Å². The largest absolute Gasteiger partial charge is 0.392 e. The lowest BCUT2D eigenvalue weighted by atomic mass is 9.98. The summed E-state index contributed by atoms with van der Waals surface area (Å²) < 4.78 is 15.4. The van der Waals surface area contributed by atoms with E-state index >= 15 is 0 Å². The Labute approximate surface area is 279 Å². The number of unbranched alkanes of at least 4 members (excludes halogenated alkanes) is 1. The Morgan fingerprint density at radius 3 is 2.35 bits per heavy atom. The highest BCUT2D eigenvalue weighted by molar-refractivity contribution is 5.77. The van der Waals surface area contributed by atoms with Crippen molar-refractivity contribution >= 4 is 22.8 Å². The number of hydroxylamine groups is 1. The molecule has 0 aliphatic carbocycles. The summed E-state index contributed by atoms with van der Waals surface area (Å²) in [5.74, 6) is -0.536. The van der Waals surface area contributed by atoms with E-state index in [9.17, 15) is 14.7 Å². The van der Waals surface area contributed by atoms with Crippen LogP contribution in [0.1, 0.15) is 66.8 Å². The van der Waals surface area contributed by atoms with Crippen molar-refractivity contribution in [1.29, 1.82) is 0 Å². The van der Waals surface area contributed by atoms with Crippen LogP contribution in [-0.4, -0.2) is 37.8 Å². The molecule has 248 valence electrons. The van der Waals surface area contributed by atoms with Gasteiger partial charge >= 0.3 is 0 Å². The summed E-state index contributed by atoms with van der Waals surface area (Å²) >= 11 is 0. The Balaban J connectivity index is 1.17. The van der Waals surface area contributed by atoms with Gasteiger partial charge in [0, 0.05) is 31.4 Å². The van der Waals surface area contributed by atoms with Gasteiger partial charge in [-0.25, -0.2) is 10.5 Å². The summed E-state index contributed by atoms with van der Waals surface area (Å²) in [4.78, 5) is 28.1. The molecule has 10 heteroatoms. The first-order valence-electron chi connectivity index (χ1n) is 16.3. The van der Waals surface area contributed by atoms with E-state index in [0.29, 0.717) is 38.8 Å². The third-order valence-electron chi connectivity index (χ3n) is 8.63. The van der Waals surface area contributed by atoms with Gasteiger partial charge in [-0.05, 0) is 64.9 Å². The number of nitrogens with one attached hydrogen (secondary N) is 2. The molecular weight excluding hydrogens is 608 g/mol. The SMILES string of the molecule is O=C(CCCCC(=O)NCc1cccc(-c2cccc(C3OC(Cn4cnc5ccccc54)CC(c4ccc(CO)cc4)O3)c2)c1)NO. The topological polar surface area (TPSA) is 135 Å². The number of aromatic nitrogens is 2. The molecule has 4 N–H and O–H groups in total. The number of aliphatic hydroxyl groups is 1. The molecule has 1 aliphatic heterocycles. The summed E-state index contributed by atoms with van der Waals surface area (Å²) in [6, 6.07) is 32.2. The van der Waals surface area contributed by atoms with E-state index in [1.54, 1.807) is 5.48 Å². The van der Waals surface area contributed by atoms with Crippen LogP contribution in [0.2, 0.25) is 0 Å². The predicted octanol–water partition coefficient (Wildman–Crippen LogP) is 6.12. The molecule has 0 radical (unpaired) electrons. The normalized spacial score (nSPS) is 17.7. The highest BCUT2D eigenvalue weighted by Crippen LogP contribution is 2.39. The van der Waals surface area contributed by atoms with E-state index in [2.05, 4.69) is 33.1 Å². The van der Waals surface area contributed by atoms with Crippen molar-refractivity contribution in [3.8, 4) is 11.1 Å². The molecule has 1 saturated heterocycles. The monoisotopic (exact) mass is 648 g/mol. The van der Waals surface area contributed by atoms with E-state index in [-0.39, 0.29) is 31.1 Å². The number of hydrogen-bond donors (Lipinski definition) is 4. The number of rotatable bonds is 13. The molecule has 6 rings (SSSR count). The number of nitrogens with zero attached hydrogens (tertiary/aromatic N) is 2. The molecule has 2 amide bonds. The van der Waals surface area contributed by atoms with Gasteiger partial charge in [0.05, 0.1) is 42.7 Å². The van der Waals surface area contributed by atoms with Gasteiger partial charge in [-0.3, -0.25) is 14.8 Å². The van der Waals surface area contributed by atoms with E-state index < -0.39 is 12.2 Å². The van der Waals surface area contributed by atoms with Gasteiger partial charge < -0.3 is 24.5 Å². The lowest BCUT2D eigenvalue weighted by Crippen LogP contribution is -2.32. The quantitative estimate of drug-likeness (QED) is 0.0686. The van der Waals surface area contributed by atoms with Gasteiger partial charge in [0.25, 0.3) is 0 Å². The number of para-hydroxylation sites is 2. The maximum Gasteiger partial charge on any atom is 0.243 e. The molecule has 1 aromatic heterocycles. The highest BCUT2D eigenvalue weighted by Gasteiger charge is 2.33. The summed E-state index contributed by atoms with van der Waals surface area (Å²) in [5.41, 5.74) is 9.36. The number of fused-ring (bicyclic) bond motifs is 1. The van der Waals surface area contributed by atoms with Crippen LogP contribution in [0.5, 0.6) is 0 Å². The Bertz CT molecular complexity index is 1840. The van der Waals surface area contributed by atoms with Crippen molar-refractivity contribution in [2.24, 2.45) is 0 Å². The molecule has 3 atom stereocenters. The van der Waals surface area contributed by atoms with Crippen LogP contribution in [0.15, 0.2) is 103 Å². The van der Waals surface area contributed by atoms with Crippen molar-refractivity contribution < 1.29 is 29.4 Å². The average molecular weight is 649 g/mol. The summed E-state index contributed by atoms with van der Waals surface area (Å²) in [6.45, 7) is 0.998. The lowest BCUT2D eigenvalue weighted by molar-refractivity contribution is -0.252. The van der Waals surface area contributed by atoms with Crippen LogP contribution < -0.4 is 10.8 Å². The third kappa shape index (κ3) is 8.34. The molecule has 0 bridgehead atoms. The molecule has 1 fully saturated rings. The minimum Gasteiger partial charge on any atom is -0.392 e. The van der Waals surface area contributed by atoms with E-state index in [0.717, 1.165) is 44.4 Å². The second-order valence-electron chi connectivity index (χ2n) is 12.1. The van der Waals surface area contributed by atoms with Crippen LogP contribution in [-0.2, 0) is 38.8 Å². The third-order valence-corrected chi connectivity index (χ3v) is 8.63. The summed E-state index contributed by atoms with van der Waals surface area (Å²) in [6.07, 6.45) is 3.14. The molecular formula is C38H40N4O6. The molecule has 5 aromatic rings. The molecule has 1 aliphatic rings. The fourth-order valence-electron chi connectivity index (χ4n) is 6.05. The van der Waals surface area contributed by atoms with Crippen LogP contribution in [0.3, 0.4) is 0 Å². The van der Waals surface area contributed by atoms with Crippen LogP contribution in [0, 0.1) is 0 Å². The first-order valence-corrected chi connectivity index (χ1v) is 16.3. The lowest BCUT2D eigenvalue weighted by Gasteiger charge is -2.36. The van der Waals surface area contributed by atoms with Gasteiger partial charge in [0.15, 0.2) is 6.29 Å². The van der Waals surface area contributed by atoms with Gasteiger partial charge in [0.2, 0.25) is 11.8 Å². The van der Waals surface area contributed by atoms with Gasteiger partial charge in [-0.2, -0.15) is 0 Å². The molecule has 0 spiro atoms. The van der Waals surface area contributed by atoms with E-state index in [1.807, 2.05) is 85.2 Å². The van der Waals surface area contributed by atoms with Crippen molar-refractivity contribution in [3.63, 3.8) is 0 Å². The minimum atomic E-state index is -0.605. The average Bonchev–Trinajstić information content (AvgIpc) is 3.55. The fraction of sp³-hybridized carbons (Fsp3) is 0.289. The predicted molar refractivity (Wildman–Crippen MR) is 180 cm³/mol. The number of ether oxygens (including phenoxy) is 2. The maximum absolute atomic E-state index is 12.4. The first-order chi connectivity index (χ1) is 23.5. The van der Waals surface area contributed by atoms with Crippen molar-refractivity contribution in [2.75, 3.05) is 0 Å². The van der Waals surface area contributed by atoms with Crippen LogP contribution >= 0.6 is 0 Å². The standard InChI is InChI=1S/C38H40N4O6/c43-24-26-15-17-28(18-16-26)35-21-32(23-42-25-40-33-11-1-2-12-34(33)42)47-38(48-35)31-10-6-9-30(20-31)29-8-5-7-27(19-29)22-39-36(44)13-3-4-14-37(45)41-46/h1-2,5-12,15-20,25,32,35,38,43,46H,3-4,13-14,21-24H2,(H,39,44)(H,41,45). The number of imidazole rings is 1. The smallest absolute Gasteiger partial charge is 0.243 e. The van der Waals surface area contributed by atoms with Crippen LogP contribution in [0.25, 0.3) is 22.2 Å². The Morgan fingerprint density at radius 2 is 1.56 bits per heavy atom. The van der Waals surface area contributed by atoms with Gasteiger partial charge in [-0.1, -0.05) is 72.8 Å². The number of benzene rings is 4. The molecule has 48 heavy (non-hydrogen) atoms. The van der Waals surface area contributed by atoms with E-state index in [1.165, 1.54) is 0 Å². The molecule has 3 unspecified atom stereocenters. The zero-order chi connectivity index (χ0) is 33.3. The molecule has 2 heterocycles. The van der Waals surface area contributed by atoms with E-state index in [4.69, 9.17) is 14.7 Å². The second kappa shape index (κ2) is 15.8. The number of aliphatic hydroxyl groups excluding tert-OH is 1. The highest BCUT2D eigenvalue weighted by atomic mass is 16.7. The molecule has 4 aromatic carbocycles. The second-order valence-corrected chi connectivity index (χ2v) is 12.1. The zero-order valence-corrected chi connectivity index (χ0v) is 26.6. The summed E-state index contributed by atoms with van der Waals surface area (Å²) in [5, 5.41) is 21.1. The van der Waals surface area contributed by atoms with Crippen molar-refractivity contribution in [2.45, 2.75) is 70.3 Å². The number of amides is 2. The maximum atomic E-state index is 12.4. The first kappa shape index (κ1) is 33.0. The number of hydrogen-bond acceptors (Lipinski definition) is 7. The number of carbonyl (C=O) groups is 2. The molecule has 0 saturated carbocycles. The Morgan fingerprint density at radius 1 is 0.812 bits per heavy atom. The van der Waals surface area contributed by atoms with Gasteiger partial charge in [0.1, 0.15) is 0 Å². The van der Waals surface area contributed by atoms with Crippen molar-refractivity contribution in [3.05, 3.63) is 126 Å². The summed E-state index contributed by atoms with van der Waals surface area (Å²) in [7, 11) is 0. The van der Waals surface area contributed by atoms with Crippen molar-refractivity contribution in [1.82, 2.24) is 20.3 Å². The molecule has 10 nitrogen and oxygen atoms in total. The Kier molecular flexibility index (Phi) is 10.9. The zero-order valence-electron chi connectivity index (χ0n) is 26.6. The fourth-order valence-corrected chi connectivity index (χ4v) is 6.05. The minimum absolute atomic E-state index is 0.0123. The number of carbonyl (C=O) groups excluding carboxylic acids is 2. The van der Waals surface area contributed by atoms with Crippen LogP contribution in [0.4, 0.5) is 0 Å².